The third kappa shape index (κ3) is 2.88. The van der Waals surface area contributed by atoms with E-state index in [0.717, 1.165) is 0 Å². The lowest BCUT2D eigenvalue weighted by Gasteiger charge is -2.09. The first-order valence-corrected chi connectivity index (χ1v) is 5.69. The van der Waals surface area contributed by atoms with Gasteiger partial charge in [-0.15, -0.1) is 0 Å². The summed E-state index contributed by atoms with van der Waals surface area (Å²) in [6.07, 6.45) is -4.52. The van der Waals surface area contributed by atoms with E-state index >= 15 is 0 Å². The smallest absolute Gasteiger partial charge is 0.422 e. The van der Waals surface area contributed by atoms with Gasteiger partial charge in [0.05, 0.1) is 16.1 Å². The lowest BCUT2D eigenvalue weighted by atomic mass is 10.2. The first-order valence-electron chi connectivity index (χ1n) is 4.92. The minimum Gasteiger partial charge on any atom is -0.452 e. The number of benzene rings is 1. The van der Waals surface area contributed by atoms with Gasteiger partial charge in [-0.3, -0.25) is 0 Å². The maximum absolute atomic E-state index is 12.0. The van der Waals surface area contributed by atoms with Crippen LogP contribution in [0.5, 0.6) is 0 Å². The molecule has 1 heterocycles. The summed E-state index contributed by atoms with van der Waals surface area (Å²) < 4.78 is 41.8. The van der Waals surface area contributed by atoms with Gasteiger partial charge in [-0.25, -0.2) is 4.79 Å². The molecule has 1 aliphatic heterocycles. The molecule has 2 rings (SSSR count). The number of halogens is 3. The van der Waals surface area contributed by atoms with Crippen molar-refractivity contribution in [3.8, 4) is 0 Å². The van der Waals surface area contributed by atoms with Crippen molar-refractivity contribution in [3.63, 3.8) is 0 Å². The number of nitrogens with zero attached hydrogens (tertiary/aromatic N) is 1. The Bertz CT molecular complexity index is 479. The predicted octanol–water partition coefficient (Wildman–Crippen LogP) is 2.69. The molecule has 0 radical (unpaired) electrons. The first-order chi connectivity index (χ1) is 8.37. The molecule has 98 valence electrons. The molecule has 4 nitrogen and oxygen atoms in total. The molecule has 0 unspecified atom stereocenters. The number of rotatable bonds is 2. The van der Waals surface area contributed by atoms with E-state index in [0.29, 0.717) is 10.6 Å². The summed E-state index contributed by atoms with van der Waals surface area (Å²) in [5.41, 5.74) is 3.73. The highest BCUT2D eigenvalue weighted by Crippen LogP contribution is 2.39. The number of hydrazine groups is 1. The van der Waals surface area contributed by atoms with Crippen molar-refractivity contribution in [2.45, 2.75) is 11.1 Å². The summed E-state index contributed by atoms with van der Waals surface area (Å²) in [5, 5.41) is 0. The van der Waals surface area contributed by atoms with Crippen molar-refractivity contribution < 1.29 is 22.7 Å². The fourth-order valence-corrected chi connectivity index (χ4v) is 2.32. The molecular weight excluding hydrogens is 269 g/mol. The van der Waals surface area contributed by atoms with Gasteiger partial charge in [0.25, 0.3) is 0 Å². The lowest BCUT2D eigenvalue weighted by Crippen LogP contribution is -2.20. The Balaban J connectivity index is 2.15. The average Bonchev–Trinajstić information content (AvgIpc) is 2.64. The van der Waals surface area contributed by atoms with Crippen molar-refractivity contribution in [1.29, 1.82) is 0 Å². The fraction of sp³-hybridized carbons (Fsp3) is 0.300. The van der Waals surface area contributed by atoms with Gasteiger partial charge in [-0.2, -0.15) is 17.6 Å². The van der Waals surface area contributed by atoms with E-state index in [4.69, 9.17) is 0 Å². The molecule has 1 aromatic carbocycles. The Morgan fingerprint density at radius 1 is 1.50 bits per heavy atom. The number of fused-ring (bicyclic) bond motifs is 1. The Hall–Kier alpha value is -1.41. The zero-order chi connectivity index (χ0) is 13.3. The van der Waals surface area contributed by atoms with Gasteiger partial charge < -0.3 is 10.2 Å². The van der Waals surface area contributed by atoms with Crippen LogP contribution >= 0.6 is 11.9 Å². The molecule has 0 aromatic heterocycles. The topological polar surface area (TPSA) is 41.6 Å². The maximum atomic E-state index is 12.0. The summed E-state index contributed by atoms with van der Waals surface area (Å²) in [6.45, 7) is -1.58. The second-order valence-corrected chi connectivity index (χ2v) is 4.71. The second-order valence-electron chi connectivity index (χ2n) is 3.57. The zero-order valence-electron chi connectivity index (χ0n) is 9.25. The molecule has 0 aliphatic carbocycles. The van der Waals surface area contributed by atoms with Gasteiger partial charge >= 0.3 is 12.1 Å². The molecule has 1 aliphatic rings. The average molecular weight is 278 g/mol. The first kappa shape index (κ1) is 13.0. The normalized spacial score (nSPS) is 15.1. The quantitative estimate of drug-likeness (QED) is 0.665. The molecular formula is C10H9F3N2O2S. The SMILES string of the molecule is CN1Nc2cccc(C(=O)OCC(F)(F)F)c2S1. The number of carbonyl (C=O) groups excluding carboxylic acids is 1. The van der Waals surface area contributed by atoms with Gasteiger partial charge in [-0.05, 0) is 24.1 Å². The number of alkyl halides is 3. The maximum Gasteiger partial charge on any atom is 0.422 e. The van der Waals surface area contributed by atoms with Crippen LogP contribution in [0.2, 0.25) is 0 Å². The summed E-state index contributed by atoms with van der Waals surface area (Å²) in [5.74, 6) is -0.978. The second kappa shape index (κ2) is 4.69. The highest BCUT2D eigenvalue weighted by atomic mass is 32.2. The minimum atomic E-state index is -4.52. The van der Waals surface area contributed by atoms with Crippen LogP contribution in [0.15, 0.2) is 23.1 Å². The summed E-state index contributed by atoms with van der Waals surface area (Å²) >= 11 is 1.22. The van der Waals surface area contributed by atoms with Crippen LogP contribution in [-0.2, 0) is 4.74 Å². The number of nitrogens with one attached hydrogen (secondary N) is 1. The summed E-state index contributed by atoms with van der Waals surface area (Å²) in [7, 11) is 1.73. The Labute approximate surface area is 105 Å². The molecule has 8 heteroatoms. The Kier molecular flexibility index (Phi) is 3.40. The fourth-order valence-electron chi connectivity index (χ4n) is 1.44. The third-order valence-corrected chi connectivity index (χ3v) is 3.10. The molecule has 0 saturated heterocycles. The number of ether oxygens (including phenoxy) is 1. The lowest BCUT2D eigenvalue weighted by molar-refractivity contribution is -0.161. The molecule has 18 heavy (non-hydrogen) atoms. The van der Waals surface area contributed by atoms with Gasteiger partial charge in [0.15, 0.2) is 6.61 Å². The van der Waals surface area contributed by atoms with E-state index in [1.165, 1.54) is 18.0 Å². The van der Waals surface area contributed by atoms with Crippen molar-refractivity contribution in [3.05, 3.63) is 23.8 Å². The number of carbonyl (C=O) groups is 1. The van der Waals surface area contributed by atoms with E-state index in [9.17, 15) is 18.0 Å². The van der Waals surface area contributed by atoms with Crippen molar-refractivity contribution >= 4 is 23.6 Å². The van der Waals surface area contributed by atoms with Crippen LogP contribution in [-0.4, -0.2) is 30.2 Å². The van der Waals surface area contributed by atoms with Crippen LogP contribution in [0.3, 0.4) is 0 Å². The monoisotopic (exact) mass is 278 g/mol. The molecule has 1 N–H and O–H groups in total. The van der Waals surface area contributed by atoms with Gasteiger partial charge in [-0.1, -0.05) is 6.07 Å². The van der Waals surface area contributed by atoms with E-state index in [1.807, 2.05) is 0 Å². The largest absolute Gasteiger partial charge is 0.452 e. The van der Waals surface area contributed by atoms with Gasteiger partial charge in [0.1, 0.15) is 0 Å². The van der Waals surface area contributed by atoms with Crippen molar-refractivity contribution in [1.82, 2.24) is 4.41 Å². The molecule has 0 bridgehead atoms. The van der Waals surface area contributed by atoms with Crippen LogP contribution < -0.4 is 5.43 Å². The molecule has 0 saturated carbocycles. The van der Waals surface area contributed by atoms with E-state index < -0.39 is 18.8 Å². The van der Waals surface area contributed by atoms with Crippen LogP contribution in [0.25, 0.3) is 0 Å². The molecule has 0 spiro atoms. The van der Waals surface area contributed by atoms with Crippen molar-refractivity contribution in [2.24, 2.45) is 0 Å². The van der Waals surface area contributed by atoms with E-state index in [1.54, 1.807) is 23.6 Å². The molecule has 0 amide bonds. The highest BCUT2D eigenvalue weighted by Gasteiger charge is 2.31. The van der Waals surface area contributed by atoms with Crippen molar-refractivity contribution in [2.75, 3.05) is 19.1 Å². The zero-order valence-corrected chi connectivity index (χ0v) is 10.1. The van der Waals surface area contributed by atoms with Gasteiger partial charge in [0, 0.05) is 7.05 Å². The predicted molar refractivity (Wildman–Crippen MR) is 60.0 cm³/mol. The standard InChI is InChI=1S/C10H9F3N2O2S/c1-15-14-7-4-2-3-6(8(7)18-15)9(16)17-5-10(11,12)13/h2-4,14H,5H2,1H3. The van der Waals surface area contributed by atoms with E-state index in [-0.39, 0.29) is 5.56 Å². The number of hydrogen-bond donors (Lipinski definition) is 1. The van der Waals surface area contributed by atoms with Crippen LogP contribution in [0.1, 0.15) is 10.4 Å². The molecule has 1 aromatic rings. The van der Waals surface area contributed by atoms with Gasteiger partial charge in [0.2, 0.25) is 0 Å². The Morgan fingerprint density at radius 2 is 2.22 bits per heavy atom. The summed E-state index contributed by atoms with van der Waals surface area (Å²) in [6, 6.07) is 4.74. The van der Waals surface area contributed by atoms with Crippen LogP contribution in [0, 0.1) is 0 Å². The number of esters is 1. The summed E-state index contributed by atoms with van der Waals surface area (Å²) in [4.78, 5) is 12.1. The number of anilines is 1. The number of hydrogen-bond acceptors (Lipinski definition) is 5. The van der Waals surface area contributed by atoms with Crippen LogP contribution in [0.4, 0.5) is 18.9 Å². The third-order valence-electron chi connectivity index (χ3n) is 2.11. The molecule has 0 fully saturated rings. The van der Waals surface area contributed by atoms with E-state index in [2.05, 4.69) is 10.2 Å². The minimum absolute atomic E-state index is 0.124. The molecule has 0 atom stereocenters. The Morgan fingerprint density at radius 3 is 2.89 bits per heavy atom. The highest BCUT2D eigenvalue weighted by molar-refractivity contribution is 7.97.